The fourth-order valence-corrected chi connectivity index (χ4v) is 4.31. The van der Waals surface area contributed by atoms with Crippen molar-refractivity contribution < 1.29 is 4.74 Å². The van der Waals surface area contributed by atoms with Gasteiger partial charge in [0.1, 0.15) is 11.5 Å². The van der Waals surface area contributed by atoms with Crippen LogP contribution < -0.4 is 0 Å². The first kappa shape index (κ1) is 19.8. The van der Waals surface area contributed by atoms with Crippen LogP contribution in [0.25, 0.3) is 6.08 Å². The Morgan fingerprint density at radius 3 is 2.52 bits per heavy atom. The number of ether oxygens (including phenoxy) is 1. The first-order chi connectivity index (χ1) is 14.2. The summed E-state index contributed by atoms with van der Waals surface area (Å²) in [7, 11) is 1.71. The monoisotopic (exact) mass is 391 g/mol. The topological polar surface area (TPSA) is 53.2 Å². The summed E-state index contributed by atoms with van der Waals surface area (Å²) in [6, 6.07) is 8.69. The molecule has 1 atom stereocenters. The number of nitrogens with one attached hydrogen (secondary N) is 2. The molecule has 0 radical (unpaired) electrons. The van der Waals surface area contributed by atoms with Gasteiger partial charge in [0.15, 0.2) is 0 Å². The van der Waals surface area contributed by atoms with Crippen molar-refractivity contribution in [3.8, 4) is 0 Å². The second-order valence-corrected chi connectivity index (χ2v) is 8.42. The molecule has 29 heavy (non-hydrogen) atoms. The van der Waals surface area contributed by atoms with Crippen molar-refractivity contribution in [3.05, 3.63) is 64.6 Å². The summed E-state index contributed by atoms with van der Waals surface area (Å²) in [5.74, 6) is 1.36. The van der Waals surface area contributed by atoms with E-state index in [0.717, 1.165) is 35.0 Å². The Kier molecular flexibility index (Phi) is 6.38. The van der Waals surface area contributed by atoms with Crippen LogP contribution in [0, 0.1) is 0 Å². The van der Waals surface area contributed by atoms with E-state index in [0.29, 0.717) is 5.92 Å². The molecule has 4 heteroatoms. The Hall–Kier alpha value is -2.49. The van der Waals surface area contributed by atoms with Gasteiger partial charge in [0.25, 0.3) is 0 Å². The average Bonchev–Trinajstić information content (AvgIpc) is 3.45. The van der Waals surface area contributed by atoms with Crippen molar-refractivity contribution in [1.82, 2.24) is 9.97 Å². The van der Waals surface area contributed by atoms with E-state index in [4.69, 9.17) is 9.73 Å². The van der Waals surface area contributed by atoms with E-state index in [-0.39, 0.29) is 0 Å². The largest absolute Gasteiger partial charge is 0.494 e. The van der Waals surface area contributed by atoms with E-state index in [9.17, 15) is 0 Å². The van der Waals surface area contributed by atoms with E-state index < -0.39 is 0 Å². The highest BCUT2D eigenvalue weighted by molar-refractivity contribution is 6.11. The lowest BCUT2D eigenvalue weighted by Gasteiger charge is -2.09. The van der Waals surface area contributed by atoms with Crippen LogP contribution in [-0.2, 0) is 11.2 Å². The molecule has 154 valence electrons. The molecular formula is C25H33N3O. The Morgan fingerprint density at radius 2 is 1.69 bits per heavy atom. The minimum absolute atomic E-state index is 0.551. The van der Waals surface area contributed by atoms with Crippen LogP contribution in [0.1, 0.15) is 87.0 Å². The van der Waals surface area contributed by atoms with Crippen molar-refractivity contribution in [2.24, 2.45) is 4.99 Å². The zero-order valence-corrected chi connectivity index (χ0v) is 17.8. The zero-order valence-electron chi connectivity index (χ0n) is 17.8. The average molecular weight is 392 g/mol. The number of H-pyrrole nitrogens is 2. The van der Waals surface area contributed by atoms with Gasteiger partial charge in [-0.25, -0.2) is 4.99 Å². The number of aromatic amines is 2. The molecule has 0 aromatic carbocycles. The van der Waals surface area contributed by atoms with Crippen LogP contribution in [0.4, 0.5) is 0 Å². The number of nitrogens with zero attached hydrogens (tertiary/aromatic N) is 1. The lowest BCUT2D eigenvalue weighted by molar-refractivity contribution is 0.303. The second kappa shape index (κ2) is 9.34. The molecule has 0 spiro atoms. The van der Waals surface area contributed by atoms with E-state index >= 15 is 0 Å². The van der Waals surface area contributed by atoms with Crippen molar-refractivity contribution in [3.63, 3.8) is 0 Å². The Bertz CT molecular complexity index is 912. The van der Waals surface area contributed by atoms with Gasteiger partial charge < -0.3 is 14.7 Å². The summed E-state index contributed by atoms with van der Waals surface area (Å²) in [5.41, 5.74) is 6.56. The van der Waals surface area contributed by atoms with Gasteiger partial charge in [0.2, 0.25) is 0 Å². The Labute approximate surface area is 174 Å². The van der Waals surface area contributed by atoms with Gasteiger partial charge in [0, 0.05) is 23.2 Å². The molecule has 0 unspecified atom stereocenters. The highest BCUT2D eigenvalue weighted by Gasteiger charge is 2.19. The quantitative estimate of drug-likeness (QED) is 0.573. The summed E-state index contributed by atoms with van der Waals surface area (Å²) in [6.07, 6.45) is 15.8. The van der Waals surface area contributed by atoms with Crippen LogP contribution in [0.3, 0.4) is 0 Å². The lowest BCUT2D eigenvalue weighted by atomic mass is 9.99. The number of hydrogen-bond donors (Lipinski definition) is 2. The minimum Gasteiger partial charge on any atom is -0.494 e. The van der Waals surface area contributed by atoms with Gasteiger partial charge >= 0.3 is 0 Å². The van der Waals surface area contributed by atoms with Crippen molar-refractivity contribution in [1.29, 1.82) is 0 Å². The second-order valence-electron chi connectivity index (χ2n) is 8.42. The normalized spacial score (nSPS) is 21.2. The summed E-state index contributed by atoms with van der Waals surface area (Å²) in [5, 5.41) is 0. The van der Waals surface area contributed by atoms with Gasteiger partial charge in [-0.2, -0.15) is 0 Å². The van der Waals surface area contributed by atoms with E-state index in [1.54, 1.807) is 7.11 Å². The Balaban J connectivity index is 1.60. The van der Waals surface area contributed by atoms with Crippen molar-refractivity contribution in [2.45, 2.75) is 70.6 Å². The minimum atomic E-state index is 0.551. The van der Waals surface area contributed by atoms with Gasteiger partial charge in [-0.15, -0.1) is 0 Å². The number of aryl methyl sites for hydroxylation is 1. The third-order valence-electron chi connectivity index (χ3n) is 6.14. The van der Waals surface area contributed by atoms with Crippen LogP contribution in [0.15, 0.2) is 46.8 Å². The fourth-order valence-electron chi connectivity index (χ4n) is 4.31. The first-order valence-corrected chi connectivity index (χ1v) is 11.2. The SMILES string of the molecule is COC1=CC2=NC1=Cc1ccc([nH]1)CCCCCCCCC[C@@H](C)c1ccc2[nH]1. The first-order valence-electron chi connectivity index (χ1n) is 11.2. The third-order valence-corrected chi connectivity index (χ3v) is 6.14. The molecule has 2 aliphatic rings. The van der Waals surface area contributed by atoms with Crippen molar-refractivity contribution in [2.75, 3.05) is 7.11 Å². The maximum absolute atomic E-state index is 5.60. The maximum Gasteiger partial charge on any atom is 0.146 e. The summed E-state index contributed by atoms with van der Waals surface area (Å²) in [4.78, 5) is 12.0. The molecule has 0 amide bonds. The molecule has 2 aliphatic heterocycles. The maximum atomic E-state index is 5.60. The van der Waals surface area contributed by atoms with E-state index in [1.807, 2.05) is 6.08 Å². The van der Waals surface area contributed by atoms with Crippen molar-refractivity contribution >= 4 is 11.8 Å². The van der Waals surface area contributed by atoms with E-state index in [1.165, 1.54) is 62.8 Å². The van der Waals surface area contributed by atoms with Crippen LogP contribution in [0.5, 0.6) is 0 Å². The molecule has 2 N–H and O–H groups in total. The molecule has 2 aromatic heterocycles. The summed E-state index contributed by atoms with van der Waals surface area (Å²) < 4.78 is 5.60. The molecule has 0 saturated carbocycles. The molecule has 6 bridgehead atoms. The van der Waals surface area contributed by atoms with Crippen LogP contribution >= 0.6 is 0 Å². The number of hydrogen-bond acceptors (Lipinski definition) is 2. The predicted octanol–water partition coefficient (Wildman–Crippen LogP) is 6.50. The standard InChI is InChI=1S/C25H33N3O/c1-18-10-8-6-4-3-5-7-9-11-19-12-13-20(26-19)16-24-25(29-2)17-23(28-24)22-15-14-21(18)27-22/h12-18,26-27H,3-11H2,1-2H3/t18-/m1/s1. The van der Waals surface area contributed by atoms with Gasteiger partial charge in [0.05, 0.1) is 18.5 Å². The smallest absolute Gasteiger partial charge is 0.146 e. The molecule has 2 aromatic rings. The highest BCUT2D eigenvalue weighted by Crippen LogP contribution is 2.27. The lowest BCUT2D eigenvalue weighted by Crippen LogP contribution is -1.98. The highest BCUT2D eigenvalue weighted by atomic mass is 16.5. The molecule has 0 saturated heterocycles. The van der Waals surface area contributed by atoms with Gasteiger partial charge in [-0.3, -0.25) is 0 Å². The summed E-state index contributed by atoms with van der Waals surface area (Å²) >= 11 is 0. The third kappa shape index (κ3) is 4.92. The number of fused-ring (bicyclic) bond motifs is 6. The predicted molar refractivity (Wildman–Crippen MR) is 120 cm³/mol. The zero-order chi connectivity index (χ0) is 20.1. The molecule has 4 heterocycles. The number of rotatable bonds is 1. The number of methoxy groups -OCH3 is 1. The Morgan fingerprint density at radius 1 is 0.897 bits per heavy atom. The fraction of sp³-hybridized carbons (Fsp3) is 0.480. The van der Waals surface area contributed by atoms with Crippen LogP contribution in [0.2, 0.25) is 0 Å². The molecule has 0 fully saturated rings. The van der Waals surface area contributed by atoms with Gasteiger partial charge in [-0.1, -0.05) is 45.4 Å². The number of allylic oxidation sites excluding steroid dienone is 1. The number of aliphatic imine (C=N–C) groups is 1. The van der Waals surface area contributed by atoms with E-state index in [2.05, 4.69) is 47.2 Å². The van der Waals surface area contributed by atoms with Crippen LogP contribution in [-0.4, -0.2) is 22.8 Å². The van der Waals surface area contributed by atoms with Gasteiger partial charge in [-0.05, 0) is 55.5 Å². The summed E-state index contributed by atoms with van der Waals surface area (Å²) in [6.45, 7) is 2.32. The molecule has 4 nitrogen and oxygen atoms in total. The number of aromatic nitrogens is 2. The molecule has 0 aliphatic carbocycles. The molecule has 4 rings (SSSR count). The molecular weight excluding hydrogens is 358 g/mol.